The molecular weight excluding hydrogens is 188 g/mol. The Morgan fingerprint density at radius 3 is 3.08 bits per heavy atom. The van der Waals surface area contributed by atoms with Crippen LogP contribution in [0.5, 0.6) is 0 Å². The van der Waals surface area contributed by atoms with E-state index in [2.05, 4.69) is 20.3 Å². The molecule has 0 spiro atoms. The fourth-order valence-corrected chi connectivity index (χ4v) is 1.81. The Kier molecular flexibility index (Phi) is 2.07. The summed E-state index contributed by atoms with van der Waals surface area (Å²) >= 11 is 1.37. The number of nitrogens with zero attached hydrogens (tertiary/aromatic N) is 3. The minimum absolute atomic E-state index is 0.0514. The van der Waals surface area contributed by atoms with Crippen LogP contribution in [0.3, 0.4) is 0 Å². The highest BCUT2D eigenvalue weighted by molar-refractivity contribution is 7.18. The van der Waals surface area contributed by atoms with Crippen LogP contribution in [0.4, 0.5) is 5.82 Å². The molecule has 0 radical (unpaired) electrons. The molecule has 2 aromatic heterocycles. The molecule has 13 heavy (non-hydrogen) atoms. The number of aliphatic hydroxyl groups is 1. The van der Waals surface area contributed by atoms with Crippen LogP contribution in [0.1, 0.15) is 5.01 Å². The maximum atomic E-state index is 8.88. The number of hydrogen-bond donors (Lipinski definition) is 2. The lowest BCUT2D eigenvalue weighted by Crippen LogP contribution is -1.93. The predicted molar refractivity (Wildman–Crippen MR) is 50.7 cm³/mol. The predicted octanol–water partition coefficient (Wildman–Crippen LogP) is 0.620. The Hall–Kier alpha value is -1.27. The molecule has 0 fully saturated rings. The third-order valence-electron chi connectivity index (χ3n) is 1.61. The van der Waals surface area contributed by atoms with Gasteiger partial charge in [-0.15, -0.1) is 0 Å². The normalized spacial score (nSPS) is 10.6. The van der Waals surface area contributed by atoms with Gasteiger partial charge in [0.05, 0.1) is 6.61 Å². The Morgan fingerprint density at radius 1 is 1.54 bits per heavy atom. The zero-order valence-electron chi connectivity index (χ0n) is 6.98. The Balaban J connectivity index is 2.67. The summed E-state index contributed by atoms with van der Waals surface area (Å²) < 4.78 is 0. The van der Waals surface area contributed by atoms with E-state index in [0.29, 0.717) is 10.8 Å². The third-order valence-corrected chi connectivity index (χ3v) is 2.56. The van der Waals surface area contributed by atoms with Crippen LogP contribution in [0.2, 0.25) is 0 Å². The first-order valence-electron chi connectivity index (χ1n) is 3.74. The number of fused-ring (bicyclic) bond motifs is 1. The standard InChI is InChI=1S/C7H8N4OS/c1-8-6-5-7(10-3-9-6)13-4(2-12)11-5/h3,12H,2H2,1H3,(H,8,9,10). The van der Waals surface area contributed by atoms with E-state index < -0.39 is 0 Å². The van der Waals surface area contributed by atoms with Gasteiger partial charge in [-0.1, -0.05) is 11.3 Å². The topological polar surface area (TPSA) is 70.9 Å². The summed E-state index contributed by atoms with van der Waals surface area (Å²) in [6, 6.07) is 0. The molecule has 0 amide bonds. The van der Waals surface area contributed by atoms with Crippen LogP contribution >= 0.6 is 11.3 Å². The summed E-state index contributed by atoms with van der Waals surface area (Å²) in [4.78, 5) is 13.0. The number of nitrogens with one attached hydrogen (secondary N) is 1. The Labute approximate surface area is 78.5 Å². The van der Waals surface area contributed by atoms with Crippen LogP contribution in [0.25, 0.3) is 10.3 Å². The van der Waals surface area contributed by atoms with E-state index in [0.717, 1.165) is 10.3 Å². The largest absolute Gasteiger partial charge is 0.389 e. The number of thiazole rings is 1. The second-order valence-electron chi connectivity index (χ2n) is 2.39. The Bertz CT molecular complexity index is 427. The summed E-state index contributed by atoms with van der Waals surface area (Å²) in [5.41, 5.74) is 0.721. The molecule has 6 heteroatoms. The molecule has 0 saturated heterocycles. The molecule has 0 aliphatic carbocycles. The second-order valence-corrected chi connectivity index (χ2v) is 3.45. The molecular formula is C7H8N4OS. The molecule has 2 aromatic rings. The second kappa shape index (κ2) is 3.23. The van der Waals surface area contributed by atoms with Crippen LogP contribution in [-0.4, -0.2) is 27.1 Å². The molecule has 2 N–H and O–H groups in total. The van der Waals surface area contributed by atoms with Gasteiger partial charge in [0.2, 0.25) is 0 Å². The van der Waals surface area contributed by atoms with Gasteiger partial charge in [0.15, 0.2) is 5.82 Å². The monoisotopic (exact) mass is 196 g/mol. The van der Waals surface area contributed by atoms with E-state index in [1.54, 1.807) is 7.05 Å². The van der Waals surface area contributed by atoms with E-state index in [-0.39, 0.29) is 6.61 Å². The van der Waals surface area contributed by atoms with Crippen LogP contribution in [-0.2, 0) is 6.61 Å². The van der Waals surface area contributed by atoms with Gasteiger partial charge in [-0.2, -0.15) is 0 Å². The lowest BCUT2D eigenvalue weighted by molar-refractivity contribution is 0.281. The van der Waals surface area contributed by atoms with Gasteiger partial charge in [0, 0.05) is 7.05 Å². The lowest BCUT2D eigenvalue weighted by atomic mass is 10.5. The number of anilines is 1. The quantitative estimate of drug-likeness (QED) is 0.736. The number of hydrogen-bond acceptors (Lipinski definition) is 6. The fraction of sp³-hybridized carbons (Fsp3) is 0.286. The van der Waals surface area contributed by atoms with E-state index in [9.17, 15) is 0 Å². The average molecular weight is 196 g/mol. The first-order valence-corrected chi connectivity index (χ1v) is 4.56. The smallest absolute Gasteiger partial charge is 0.156 e. The zero-order valence-corrected chi connectivity index (χ0v) is 7.80. The summed E-state index contributed by atoms with van der Waals surface area (Å²) in [6.07, 6.45) is 1.48. The number of rotatable bonds is 2. The molecule has 0 bridgehead atoms. The van der Waals surface area contributed by atoms with Crippen molar-refractivity contribution in [2.75, 3.05) is 12.4 Å². The van der Waals surface area contributed by atoms with Gasteiger partial charge in [-0.3, -0.25) is 0 Å². The van der Waals surface area contributed by atoms with Crippen molar-refractivity contribution < 1.29 is 5.11 Å². The lowest BCUT2D eigenvalue weighted by Gasteiger charge is -1.96. The summed E-state index contributed by atoms with van der Waals surface area (Å²) in [5.74, 6) is 0.695. The molecule has 0 aromatic carbocycles. The Morgan fingerprint density at radius 2 is 2.38 bits per heavy atom. The van der Waals surface area contributed by atoms with Crippen LogP contribution < -0.4 is 5.32 Å². The van der Waals surface area contributed by atoms with E-state index in [4.69, 9.17) is 5.11 Å². The summed E-state index contributed by atoms with van der Waals surface area (Å²) in [7, 11) is 1.78. The van der Waals surface area contributed by atoms with Crippen LogP contribution in [0.15, 0.2) is 6.33 Å². The minimum atomic E-state index is -0.0514. The molecule has 2 heterocycles. The van der Waals surface area contributed by atoms with Crippen molar-refractivity contribution in [3.05, 3.63) is 11.3 Å². The average Bonchev–Trinajstić information content (AvgIpc) is 2.59. The van der Waals surface area contributed by atoms with Crippen molar-refractivity contribution in [1.29, 1.82) is 0 Å². The van der Waals surface area contributed by atoms with Crippen molar-refractivity contribution in [2.45, 2.75) is 6.61 Å². The molecule has 0 aliphatic heterocycles. The van der Waals surface area contributed by atoms with Gasteiger partial charge in [-0.25, -0.2) is 15.0 Å². The van der Waals surface area contributed by atoms with E-state index in [1.807, 2.05) is 0 Å². The molecule has 0 atom stereocenters. The zero-order chi connectivity index (χ0) is 9.26. The van der Waals surface area contributed by atoms with Gasteiger partial charge in [0.1, 0.15) is 21.7 Å². The molecule has 68 valence electrons. The first-order chi connectivity index (χ1) is 6.35. The van der Waals surface area contributed by atoms with Crippen molar-refractivity contribution in [3.8, 4) is 0 Å². The SMILES string of the molecule is CNc1ncnc2sc(CO)nc12. The van der Waals surface area contributed by atoms with E-state index >= 15 is 0 Å². The van der Waals surface area contributed by atoms with Gasteiger partial charge >= 0.3 is 0 Å². The minimum Gasteiger partial charge on any atom is -0.389 e. The molecule has 2 rings (SSSR count). The maximum absolute atomic E-state index is 8.88. The van der Waals surface area contributed by atoms with E-state index in [1.165, 1.54) is 17.7 Å². The molecule has 0 unspecified atom stereocenters. The first kappa shape index (κ1) is 8.33. The summed E-state index contributed by atoms with van der Waals surface area (Å²) in [6.45, 7) is -0.0514. The van der Waals surface area contributed by atoms with Gasteiger partial charge in [0.25, 0.3) is 0 Å². The molecule has 0 saturated carbocycles. The third kappa shape index (κ3) is 1.34. The van der Waals surface area contributed by atoms with Crippen molar-refractivity contribution in [3.63, 3.8) is 0 Å². The molecule has 5 nitrogen and oxygen atoms in total. The summed E-state index contributed by atoms with van der Waals surface area (Å²) in [5, 5.41) is 12.5. The molecule has 0 aliphatic rings. The fourth-order valence-electron chi connectivity index (χ4n) is 1.05. The van der Waals surface area contributed by atoms with Crippen molar-refractivity contribution in [2.24, 2.45) is 0 Å². The highest BCUT2D eigenvalue weighted by atomic mass is 32.1. The number of aromatic nitrogens is 3. The number of aliphatic hydroxyl groups excluding tert-OH is 1. The van der Waals surface area contributed by atoms with Crippen molar-refractivity contribution >= 4 is 27.5 Å². The van der Waals surface area contributed by atoms with Crippen molar-refractivity contribution in [1.82, 2.24) is 15.0 Å². The van der Waals surface area contributed by atoms with Gasteiger partial charge < -0.3 is 10.4 Å². The maximum Gasteiger partial charge on any atom is 0.156 e. The highest BCUT2D eigenvalue weighted by Crippen LogP contribution is 2.23. The van der Waals surface area contributed by atoms with Crippen LogP contribution in [0, 0.1) is 0 Å². The highest BCUT2D eigenvalue weighted by Gasteiger charge is 2.07. The van der Waals surface area contributed by atoms with Gasteiger partial charge in [-0.05, 0) is 0 Å².